The van der Waals surface area contributed by atoms with E-state index in [1.807, 2.05) is 11.4 Å². The fraction of sp³-hybridized carbons (Fsp3) is 0.333. The Morgan fingerprint density at radius 3 is 3.00 bits per heavy atom. The van der Waals surface area contributed by atoms with E-state index in [4.69, 9.17) is 11.6 Å². The first kappa shape index (κ1) is 15.0. The minimum Gasteiger partial charge on any atom is -0.355 e. The van der Waals surface area contributed by atoms with E-state index < -0.39 is 0 Å². The summed E-state index contributed by atoms with van der Waals surface area (Å²) in [5.74, 6) is 0.402. The van der Waals surface area contributed by atoms with Gasteiger partial charge in [-0.15, -0.1) is 22.9 Å². The molecule has 1 aromatic heterocycles. The molecular weight excluding hydrogens is 292 g/mol. The van der Waals surface area contributed by atoms with Crippen LogP contribution in [0.15, 0.2) is 29.6 Å². The molecular formula is C15H17ClN2OS. The number of nitrogens with one attached hydrogen (secondary N) is 1. The second kappa shape index (κ2) is 7.41. The molecule has 20 heavy (non-hydrogen) atoms. The van der Waals surface area contributed by atoms with E-state index in [1.165, 1.54) is 22.5 Å². The van der Waals surface area contributed by atoms with Gasteiger partial charge in [0.1, 0.15) is 5.01 Å². The maximum absolute atomic E-state index is 11.8. The van der Waals surface area contributed by atoms with Crippen LogP contribution in [0.3, 0.4) is 0 Å². The number of thiazole rings is 1. The minimum atomic E-state index is 0.00752. The summed E-state index contributed by atoms with van der Waals surface area (Å²) >= 11 is 7.16. The van der Waals surface area contributed by atoms with Crippen molar-refractivity contribution in [1.82, 2.24) is 10.3 Å². The average Bonchev–Trinajstić information content (AvgIpc) is 2.86. The molecule has 0 unspecified atom stereocenters. The zero-order valence-corrected chi connectivity index (χ0v) is 12.9. The van der Waals surface area contributed by atoms with Crippen LogP contribution in [0.25, 0.3) is 0 Å². The van der Waals surface area contributed by atoms with Gasteiger partial charge < -0.3 is 5.32 Å². The third-order valence-electron chi connectivity index (χ3n) is 2.87. The second-order valence-electron chi connectivity index (χ2n) is 4.63. The van der Waals surface area contributed by atoms with Crippen molar-refractivity contribution < 1.29 is 4.79 Å². The highest BCUT2D eigenvalue weighted by Crippen LogP contribution is 2.12. The fourth-order valence-electron chi connectivity index (χ4n) is 1.91. The Bertz CT molecular complexity index is 583. The molecule has 2 rings (SSSR count). The number of alkyl halides is 1. The Labute approximate surface area is 128 Å². The van der Waals surface area contributed by atoms with Crippen LogP contribution in [-0.4, -0.2) is 17.4 Å². The summed E-state index contributed by atoms with van der Waals surface area (Å²) in [6, 6.07) is 8.32. The predicted octanol–water partition coefficient (Wildman–Crippen LogP) is 3.09. The number of rotatable bonds is 6. The van der Waals surface area contributed by atoms with Gasteiger partial charge in [0.2, 0.25) is 5.91 Å². The molecule has 1 amide bonds. The van der Waals surface area contributed by atoms with E-state index in [0.717, 1.165) is 17.1 Å². The Morgan fingerprint density at radius 2 is 2.30 bits per heavy atom. The highest BCUT2D eigenvalue weighted by molar-refractivity contribution is 7.09. The number of amides is 1. The van der Waals surface area contributed by atoms with Crippen LogP contribution in [0.1, 0.15) is 21.8 Å². The molecule has 0 aliphatic carbocycles. The Morgan fingerprint density at radius 1 is 1.45 bits per heavy atom. The average molecular weight is 309 g/mol. The summed E-state index contributed by atoms with van der Waals surface area (Å²) < 4.78 is 0. The van der Waals surface area contributed by atoms with Gasteiger partial charge in [-0.1, -0.05) is 29.8 Å². The minimum absolute atomic E-state index is 0.00752. The van der Waals surface area contributed by atoms with Crippen molar-refractivity contribution in [3.8, 4) is 0 Å². The third kappa shape index (κ3) is 4.62. The molecule has 2 aromatic rings. The van der Waals surface area contributed by atoms with Gasteiger partial charge in [-0.25, -0.2) is 4.98 Å². The Balaban J connectivity index is 1.75. The molecule has 0 saturated heterocycles. The number of hydrogen-bond acceptors (Lipinski definition) is 3. The van der Waals surface area contributed by atoms with Gasteiger partial charge in [-0.2, -0.15) is 0 Å². The monoisotopic (exact) mass is 308 g/mol. The van der Waals surface area contributed by atoms with Crippen molar-refractivity contribution in [2.24, 2.45) is 0 Å². The predicted molar refractivity (Wildman–Crippen MR) is 83.3 cm³/mol. The van der Waals surface area contributed by atoms with Crippen molar-refractivity contribution >= 4 is 28.8 Å². The quantitative estimate of drug-likeness (QED) is 0.833. The van der Waals surface area contributed by atoms with E-state index in [9.17, 15) is 4.79 Å². The number of carbonyl (C=O) groups is 1. The van der Waals surface area contributed by atoms with Gasteiger partial charge in [0.15, 0.2) is 0 Å². The highest BCUT2D eigenvalue weighted by Gasteiger charge is 2.07. The molecule has 0 radical (unpaired) electrons. The van der Waals surface area contributed by atoms with E-state index in [1.54, 1.807) is 0 Å². The van der Waals surface area contributed by atoms with Gasteiger partial charge in [-0.05, 0) is 18.9 Å². The highest BCUT2D eigenvalue weighted by atomic mass is 35.5. The van der Waals surface area contributed by atoms with E-state index in [0.29, 0.717) is 18.8 Å². The second-order valence-corrected chi connectivity index (χ2v) is 5.84. The van der Waals surface area contributed by atoms with Gasteiger partial charge >= 0.3 is 0 Å². The number of aryl methyl sites for hydroxylation is 1. The first-order valence-electron chi connectivity index (χ1n) is 6.49. The number of carbonyl (C=O) groups excluding carboxylic acids is 1. The number of aromatic nitrogens is 1. The topological polar surface area (TPSA) is 42.0 Å². The van der Waals surface area contributed by atoms with E-state index in [-0.39, 0.29) is 5.91 Å². The molecule has 0 atom stereocenters. The summed E-state index contributed by atoms with van der Waals surface area (Å²) in [6.45, 7) is 2.72. The van der Waals surface area contributed by atoms with Crippen LogP contribution >= 0.6 is 22.9 Å². The van der Waals surface area contributed by atoms with Crippen LogP contribution in [0.5, 0.6) is 0 Å². The maximum atomic E-state index is 11.8. The molecule has 5 heteroatoms. The molecule has 3 nitrogen and oxygen atoms in total. The Kier molecular flexibility index (Phi) is 5.56. The zero-order chi connectivity index (χ0) is 14.4. The Hall–Kier alpha value is -1.39. The summed E-state index contributed by atoms with van der Waals surface area (Å²) in [4.78, 5) is 16.1. The lowest BCUT2D eigenvalue weighted by Gasteiger charge is -2.05. The first-order valence-corrected chi connectivity index (χ1v) is 7.90. The van der Waals surface area contributed by atoms with Crippen LogP contribution in [0, 0.1) is 6.92 Å². The van der Waals surface area contributed by atoms with E-state index >= 15 is 0 Å². The molecule has 1 aromatic carbocycles. The largest absolute Gasteiger partial charge is 0.355 e. The smallest absolute Gasteiger partial charge is 0.226 e. The van der Waals surface area contributed by atoms with Gasteiger partial charge in [0.25, 0.3) is 0 Å². The summed E-state index contributed by atoms with van der Waals surface area (Å²) in [5.41, 5.74) is 3.31. The van der Waals surface area contributed by atoms with Crippen LogP contribution < -0.4 is 5.32 Å². The molecule has 0 fully saturated rings. The van der Waals surface area contributed by atoms with Crippen LogP contribution in [0.2, 0.25) is 0 Å². The molecule has 0 aliphatic rings. The SMILES string of the molecule is Cc1cccc(CCNC(=O)Cc2nc(CCl)cs2)c1. The number of benzene rings is 1. The van der Waals surface area contributed by atoms with Crippen LogP contribution in [-0.2, 0) is 23.5 Å². The van der Waals surface area contributed by atoms with E-state index in [2.05, 4.69) is 35.4 Å². The number of hydrogen-bond donors (Lipinski definition) is 1. The van der Waals surface area contributed by atoms with Crippen molar-refractivity contribution in [2.45, 2.75) is 25.6 Å². The first-order chi connectivity index (χ1) is 9.67. The molecule has 0 spiro atoms. The maximum Gasteiger partial charge on any atom is 0.226 e. The normalized spacial score (nSPS) is 10.5. The summed E-state index contributed by atoms with van der Waals surface area (Å²) in [5, 5.41) is 5.63. The molecule has 0 saturated carbocycles. The van der Waals surface area contributed by atoms with Crippen LogP contribution in [0.4, 0.5) is 0 Å². The van der Waals surface area contributed by atoms with Crippen molar-refractivity contribution in [1.29, 1.82) is 0 Å². The van der Waals surface area contributed by atoms with Crippen molar-refractivity contribution in [3.63, 3.8) is 0 Å². The number of nitrogens with zero attached hydrogens (tertiary/aromatic N) is 1. The molecule has 1 N–H and O–H groups in total. The summed E-state index contributed by atoms with van der Waals surface area (Å²) in [7, 11) is 0. The molecule has 106 valence electrons. The zero-order valence-electron chi connectivity index (χ0n) is 11.4. The lowest BCUT2D eigenvalue weighted by molar-refractivity contribution is -0.120. The number of halogens is 1. The van der Waals surface area contributed by atoms with Gasteiger partial charge in [0, 0.05) is 11.9 Å². The molecule has 1 heterocycles. The van der Waals surface area contributed by atoms with Crippen molar-refractivity contribution in [3.05, 3.63) is 51.5 Å². The van der Waals surface area contributed by atoms with Crippen molar-refractivity contribution in [2.75, 3.05) is 6.54 Å². The third-order valence-corrected chi connectivity index (χ3v) is 4.04. The standard InChI is InChI=1S/C15H17ClN2OS/c1-11-3-2-4-12(7-11)5-6-17-14(19)8-15-18-13(9-16)10-20-15/h2-4,7,10H,5-6,8-9H2,1H3,(H,17,19). The summed E-state index contributed by atoms with van der Waals surface area (Å²) in [6.07, 6.45) is 1.17. The lowest BCUT2D eigenvalue weighted by atomic mass is 10.1. The molecule has 0 aliphatic heterocycles. The fourth-order valence-corrected chi connectivity index (χ4v) is 2.93. The lowest BCUT2D eigenvalue weighted by Crippen LogP contribution is -2.27. The van der Waals surface area contributed by atoms with Gasteiger partial charge in [-0.3, -0.25) is 4.79 Å². The van der Waals surface area contributed by atoms with Gasteiger partial charge in [0.05, 0.1) is 18.0 Å². The molecule has 0 bridgehead atoms.